The normalized spacial score (nSPS) is 11.6. The third-order valence-electron chi connectivity index (χ3n) is 2.69. The van der Waals surface area contributed by atoms with Gasteiger partial charge in [0.1, 0.15) is 6.10 Å². The van der Waals surface area contributed by atoms with E-state index in [-0.39, 0.29) is 18.3 Å². The summed E-state index contributed by atoms with van der Waals surface area (Å²) in [6, 6.07) is 5.40. The molecule has 0 aliphatic rings. The zero-order chi connectivity index (χ0) is 14.3. The molecule has 0 fully saturated rings. The fourth-order valence-electron chi connectivity index (χ4n) is 1.51. The van der Waals surface area contributed by atoms with Gasteiger partial charge in [-0.25, -0.2) is 0 Å². The molecule has 0 aliphatic carbocycles. The molecule has 5 nitrogen and oxygen atoms in total. The maximum atomic E-state index is 11.9. The number of nitrogen functional groups attached to an aromatic ring is 1. The summed E-state index contributed by atoms with van der Waals surface area (Å²) in [4.78, 5) is 11.9. The van der Waals surface area contributed by atoms with Crippen molar-refractivity contribution < 1.29 is 14.3 Å². The Kier molecular flexibility index (Phi) is 8.96. The number of hydrogen-bond acceptors (Lipinski definition) is 4. The van der Waals surface area contributed by atoms with Crippen LogP contribution in [-0.4, -0.2) is 31.8 Å². The predicted molar refractivity (Wildman–Crippen MR) is 83.4 cm³/mol. The SMILES string of the molecule is CCOCCOC(C)C(=O)Nc1cc(N)ccc1C.Cl. The van der Waals surface area contributed by atoms with E-state index in [1.54, 1.807) is 19.1 Å². The van der Waals surface area contributed by atoms with Crippen molar-refractivity contribution in [1.29, 1.82) is 0 Å². The molecular formula is C14H23ClN2O3. The van der Waals surface area contributed by atoms with Gasteiger partial charge < -0.3 is 20.5 Å². The van der Waals surface area contributed by atoms with Crippen LogP contribution in [0.25, 0.3) is 0 Å². The van der Waals surface area contributed by atoms with Crippen LogP contribution in [0.3, 0.4) is 0 Å². The van der Waals surface area contributed by atoms with Crippen molar-refractivity contribution in [2.75, 3.05) is 30.9 Å². The summed E-state index contributed by atoms with van der Waals surface area (Å²) < 4.78 is 10.5. The van der Waals surface area contributed by atoms with Crippen molar-refractivity contribution in [3.8, 4) is 0 Å². The number of nitrogens with two attached hydrogens (primary N) is 1. The lowest BCUT2D eigenvalue weighted by Gasteiger charge is -2.15. The molecule has 1 aromatic carbocycles. The Balaban J connectivity index is 0.00000361. The van der Waals surface area contributed by atoms with Gasteiger partial charge in [0.2, 0.25) is 0 Å². The molecule has 1 unspecified atom stereocenters. The van der Waals surface area contributed by atoms with Gasteiger partial charge in [-0.2, -0.15) is 0 Å². The fourth-order valence-corrected chi connectivity index (χ4v) is 1.51. The number of anilines is 2. The Labute approximate surface area is 126 Å². The highest BCUT2D eigenvalue weighted by molar-refractivity contribution is 5.95. The van der Waals surface area contributed by atoms with E-state index >= 15 is 0 Å². The van der Waals surface area contributed by atoms with Crippen LogP contribution in [0.2, 0.25) is 0 Å². The van der Waals surface area contributed by atoms with Crippen molar-refractivity contribution in [2.24, 2.45) is 0 Å². The third-order valence-corrected chi connectivity index (χ3v) is 2.69. The minimum atomic E-state index is -0.527. The Bertz CT molecular complexity index is 427. The zero-order valence-corrected chi connectivity index (χ0v) is 13.0. The molecule has 1 rings (SSSR count). The number of halogens is 1. The zero-order valence-electron chi connectivity index (χ0n) is 12.1. The summed E-state index contributed by atoms with van der Waals surface area (Å²) in [6.45, 7) is 7.08. The molecule has 0 bridgehead atoms. The van der Waals surface area contributed by atoms with Gasteiger partial charge in [0.15, 0.2) is 0 Å². The topological polar surface area (TPSA) is 73.6 Å². The lowest BCUT2D eigenvalue weighted by Crippen LogP contribution is -2.29. The summed E-state index contributed by atoms with van der Waals surface area (Å²) in [5, 5.41) is 2.81. The molecule has 1 atom stereocenters. The summed E-state index contributed by atoms with van der Waals surface area (Å²) in [5.41, 5.74) is 7.99. The van der Waals surface area contributed by atoms with Crippen molar-refractivity contribution in [3.05, 3.63) is 23.8 Å². The van der Waals surface area contributed by atoms with E-state index in [4.69, 9.17) is 15.2 Å². The minimum absolute atomic E-state index is 0. The Morgan fingerprint density at radius 1 is 1.40 bits per heavy atom. The molecule has 1 aromatic rings. The highest BCUT2D eigenvalue weighted by Gasteiger charge is 2.14. The Morgan fingerprint density at radius 3 is 2.75 bits per heavy atom. The van der Waals surface area contributed by atoms with Gasteiger partial charge in [0, 0.05) is 18.0 Å². The van der Waals surface area contributed by atoms with Crippen LogP contribution in [0.5, 0.6) is 0 Å². The van der Waals surface area contributed by atoms with Crippen molar-refractivity contribution >= 4 is 29.7 Å². The summed E-state index contributed by atoms with van der Waals surface area (Å²) in [6.07, 6.45) is -0.527. The van der Waals surface area contributed by atoms with Gasteiger partial charge in [-0.1, -0.05) is 6.07 Å². The number of rotatable bonds is 7. The maximum absolute atomic E-state index is 11.9. The largest absolute Gasteiger partial charge is 0.399 e. The molecule has 1 amide bonds. The Hall–Kier alpha value is -1.30. The second-order valence-corrected chi connectivity index (χ2v) is 4.27. The number of aryl methyl sites for hydroxylation is 1. The van der Waals surface area contributed by atoms with Crippen LogP contribution in [0.4, 0.5) is 11.4 Å². The predicted octanol–water partition coefficient (Wildman–Crippen LogP) is 2.38. The second-order valence-electron chi connectivity index (χ2n) is 4.27. The molecule has 3 N–H and O–H groups in total. The average Bonchev–Trinajstić information content (AvgIpc) is 2.38. The molecule has 0 aromatic heterocycles. The number of carbonyl (C=O) groups is 1. The standard InChI is InChI=1S/C14H22N2O3.ClH/c1-4-18-7-8-19-11(3)14(17)16-13-9-12(15)6-5-10(13)2;/h5-6,9,11H,4,7-8,15H2,1-3H3,(H,16,17);1H. The maximum Gasteiger partial charge on any atom is 0.253 e. The number of amides is 1. The molecule has 0 saturated carbocycles. The van der Waals surface area contributed by atoms with Gasteiger partial charge >= 0.3 is 0 Å². The lowest BCUT2D eigenvalue weighted by atomic mass is 10.2. The number of nitrogens with one attached hydrogen (secondary N) is 1. The highest BCUT2D eigenvalue weighted by Crippen LogP contribution is 2.18. The molecule has 114 valence electrons. The van der Waals surface area contributed by atoms with Gasteiger partial charge in [-0.3, -0.25) is 4.79 Å². The van der Waals surface area contributed by atoms with E-state index in [9.17, 15) is 4.79 Å². The van der Waals surface area contributed by atoms with E-state index in [0.717, 1.165) is 5.56 Å². The van der Waals surface area contributed by atoms with Gasteiger partial charge in [0.05, 0.1) is 13.2 Å². The van der Waals surface area contributed by atoms with Crippen molar-refractivity contribution in [2.45, 2.75) is 26.9 Å². The molecule has 20 heavy (non-hydrogen) atoms. The molecule has 0 saturated heterocycles. The van der Waals surface area contributed by atoms with E-state index < -0.39 is 6.10 Å². The average molecular weight is 303 g/mol. The Morgan fingerprint density at radius 2 is 2.10 bits per heavy atom. The van der Waals surface area contributed by atoms with Gasteiger partial charge in [0.25, 0.3) is 5.91 Å². The summed E-state index contributed by atoms with van der Waals surface area (Å²) in [7, 11) is 0. The van der Waals surface area contributed by atoms with Crippen LogP contribution in [0.15, 0.2) is 18.2 Å². The number of hydrogen-bond donors (Lipinski definition) is 2. The molecule has 0 heterocycles. The fraction of sp³-hybridized carbons (Fsp3) is 0.500. The molecule has 0 spiro atoms. The first-order valence-electron chi connectivity index (χ1n) is 6.41. The second kappa shape index (κ2) is 9.58. The summed E-state index contributed by atoms with van der Waals surface area (Å²) in [5.74, 6) is -0.190. The molecule has 0 aliphatic heterocycles. The molecule has 6 heteroatoms. The first-order chi connectivity index (χ1) is 9.04. The van der Waals surface area contributed by atoms with Crippen LogP contribution in [0, 0.1) is 6.92 Å². The van der Waals surface area contributed by atoms with Crippen LogP contribution < -0.4 is 11.1 Å². The smallest absolute Gasteiger partial charge is 0.253 e. The van der Waals surface area contributed by atoms with E-state index in [1.807, 2.05) is 19.9 Å². The van der Waals surface area contributed by atoms with E-state index in [0.29, 0.717) is 31.2 Å². The number of carbonyl (C=O) groups excluding carboxylic acids is 1. The number of benzene rings is 1. The summed E-state index contributed by atoms with van der Waals surface area (Å²) >= 11 is 0. The number of ether oxygens (including phenoxy) is 2. The first-order valence-corrected chi connectivity index (χ1v) is 6.41. The monoisotopic (exact) mass is 302 g/mol. The minimum Gasteiger partial charge on any atom is -0.399 e. The van der Waals surface area contributed by atoms with Gasteiger partial charge in [-0.15, -0.1) is 12.4 Å². The highest BCUT2D eigenvalue weighted by atomic mass is 35.5. The quantitative estimate of drug-likeness (QED) is 0.599. The van der Waals surface area contributed by atoms with Crippen molar-refractivity contribution in [1.82, 2.24) is 0 Å². The molecule has 0 radical (unpaired) electrons. The van der Waals surface area contributed by atoms with E-state index in [1.165, 1.54) is 0 Å². The van der Waals surface area contributed by atoms with Crippen LogP contribution in [-0.2, 0) is 14.3 Å². The first kappa shape index (κ1) is 18.7. The van der Waals surface area contributed by atoms with Crippen molar-refractivity contribution in [3.63, 3.8) is 0 Å². The van der Waals surface area contributed by atoms with E-state index in [2.05, 4.69) is 5.32 Å². The lowest BCUT2D eigenvalue weighted by molar-refractivity contribution is -0.127. The van der Waals surface area contributed by atoms with Crippen LogP contribution in [0.1, 0.15) is 19.4 Å². The van der Waals surface area contributed by atoms with Crippen LogP contribution >= 0.6 is 12.4 Å². The molecular weight excluding hydrogens is 280 g/mol. The third kappa shape index (κ3) is 6.23. The van der Waals surface area contributed by atoms with Gasteiger partial charge in [-0.05, 0) is 38.5 Å².